The van der Waals surface area contributed by atoms with Gasteiger partial charge in [0.25, 0.3) is 0 Å². The Morgan fingerprint density at radius 1 is 1.24 bits per heavy atom. The van der Waals surface area contributed by atoms with E-state index >= 15 is 0 Å². The Labute approximate surface area is 97.5 Å². The van der Waals surface area contributed by atoms with Crippen LogP contribution in [0.5, 0.6) is 0 Å². The molecule has 8 heteroatoms. The average Bonchev–Trinajstić information content (AvgIpc) is 2.22. The van der Waals surface area contributed by atoms with Crippen LogP contribution in [0.3, 0.4) is 0 Å². The molecule has 0 aliphatic carbocycles. The summed E-state index contributed by atoms with van der Waals surface area (Å²) in [6, 6.07) is -1.45. The normalized spacial score (nSPS) is 11.8. The maximum Gasteiger partial charge on any atom is 0.326 e. The molecule has 0 saturated heterocycles. The molecule has 0 bridgehead atoms. The molecule has 0 radical (unpaired) electrons. The zero-order valence-corrected chi connectivity index (χ0v) is 9.34. The van der Waals surface area contributed by atoms with Gasteiger partial charge in [-0.05, 0) is 0 Å². The highest BCUT2D eigenvalue weighted by atomic mass is 16.5. The molecule has 0 rings (SSSR count). The fourth-order valence-corrected chi connectivity index (χ4v) is 0.918. The van der Waals surface area contributed by atoms with Crippen LogP contribution in [0, 0.1) is 0 Å². The van der Waals surface area contributed by atoms with E-state index < -0.39 is 30.3 Å². The Kier molecular flexibility index (Phi) is 7.65. The van der Waals surface area contributed by atoms with Gasteiger partial charge in [-0.15, -0.1) is 0 Å². The Bertz CT molecular complexity index is 279. The Balaban J connectivity index is 3.96. The molecule has 0 fully saturated rings. The molecule has 98 valence electrons. The number of hydrogen-bond acceptors (Lipinski definition) is 5. The van der Waals surface area contributed by atoms with Crippen LogP contribution >= 0.6 is 0 Å². The summed E-state index contributed by atoms with van der Waals surface area (Å²) in [5, 5.41) is 19.1. The molecule has 3 N–H and O–H groups in total. The first kappa shape index (κ1) is 15.3. The summed E-state index contributed by atoms with van der Waals surface area (Å²) in [6.07, 6.45) is -0.681. The summed E-state index contributed by atoms with van der Waals surface area (Å²) in [7, 11) is 1.47. The fraction of sp³-hybridized carbons (Fsp3) is 0.667. The minimum atomic E-state index is -1.45. The van der Waals surface area contributed by atoms with Crippen LogP contribution in [0.1, 0.15) is 6.42 Å². The molecule has 0 aromatic heterocycles. The highest BCUT2D eigenvalue weighted by molar-refractivity contribution is 5.87. The standard InChI is InChI=1S/C9H15NO7/c1-16-2-3-17-5-7(11)10-6(9(14)15)4-8(12)13/h6H,2-5H2,1H3,(H,10,11)(H,12,13)(H,14,15)/t6-/m0/s1. The van der Waals surface area contributed by atoms with E-state index in [-0.39, 0.29) is 13.2 Å². The largest absolute Gasteiger partial charge is 0.481 e. The second-order valence-corrected chi connectivity index (χ2v) is 3.10. The number of carboxylic acid groups (broad SMARTS) is 2. The molecule has 0 unspecified atom stereocenters. The topological polar surface area (TPSA) is 122 Å². The van der Waals surface area contributed by atoms with Gasteiger partial charge in [0, 0.05) is 7.11 Å². The van der Waals surface area contributed by atoms with E-state index in [0.717, 1.165) is 0 Å². The highest BCUT2D eigenvalue weighted by Crippen LogP contribution is 1.93. The van der Waals surface area contributed by atoms with Gasteiger partial charge in [0.15, 0.2) is 0 Å². The van der Waals surface area contributed by atoms with E-state index in [0.29, 0.717) is 6.61 Å². The number of hydrogen-bond donors (Lipinski definition) is 3. The van der Waals surface area contributed by atoms with Crippen molar-refractivity contribution in [3.63, 3.8) is 0 Å². The van der Waals surface area contributed by atoms with Gasteiger partial charge in [-0.2, -0.15) is 0 Å². The molecular formula is C9H15NO7. The van der Waals surface area contributed by atoms with Crippen LogP contribution in [0.15, 0.2) is 0 Å². The van der Waals surface area contributed by atoms with E-state index in [1.165, 1.54) is 7.11 Å². The Hall–Kier alpha value is -1.67. The first-order valence-corrected chi connectivity index (χ1v) is 4.78. The lowest BCUT2D eigenvalue weighted by atomic mass is 10.2. The van der Waals surface area contributed by atoms with Crippen molar-refractivity contribution in [3.8, 4) is 0 Å². The third-order valence-electron chi connectivity index (χ3n) is 1.68. The smallest absolute Gasteiger partial charge is 0.326 e. The summed E-state index contributed by atoms with van der Waals surface area (Å²) in [5.74, 6) is -3.40. The van der Waals surface area contributed by atoms with Crippen molar-refractivity contribution in [1.82, 2.24) is 5.32 Å². The molecule has 1 amide bonds. The number of amides is 1. The minimum absolute atomic E-state index is 0.195. The quantitative estimate of drug-likeness (QED) is 0.434. The Morgan fingerprint density at radius 2 is 1.88 bits per heavy atom. The maximum absolute atomic E-state index is 11.2. The lowest BCUT2D eigenvalue weighted by molar-refractivity contribution is -0.147. The second-order valence-electron chi connectivity index (χ2n) is 3.10. The molecule has 0 aliphatic rings. The van der Waals surface area contributed by atoms with E-state index in [2.05, 4.69) is 4.74 Å². The molecule has 1 atom stereocenters. The number of rotatable bonds is 9. The van der Waals surface area contributed by atoms with Crippen molar-refractivity contribution in [2.75, 3.05) is 26.9 Å². The molecule has 8 nitrogen and oxygen atoms in total. The van der Waals surface area contributed by atoms with Gasteiger partial charge in [-0.3, -0.25) is 9.59 Å². The second kappa shape index (κ2) is 8.48. The summed E-state index contributed by atoms with van der Waals surface area (Å²) < 4.78 is 9.51. The van der Waals surface area contributed by atoms with Crippen LogP contribution in [0.2, 0.25) is 0 Å². The van der Waals surface area contributed by atoms with E-state index in [1.54, 1.807) is 0 Å². The zero-order valence-electron chi connectivity index (χ0n) is 9.34. The predicted octanol–water partition coefficient (Wildman–Crippen LogP) is -1.31. The number of carbonyl (C=O) groups excluding carboxylic acids is 1. The number of nitrogens with one attached hydrogen (secondary N) is 1. The van der Waals surface area contributed by atoms with E-state index in [4.69, 9.17) is 14.9 Å². The number of aliphatic carboxylic acids is 2. The summed E-state index contributed by atoms with van der Waals surface area (Å²) >= 11 is 0. The monoisotopic (exact) mass is 249 g/mol. The van der Waals surface area contributed by atoms with Gasteiger partial charge in [-0.25, -0.2) is 4.79 Å². The predicted molar refractivity (Wildman–Crippen MR) is 54.5 cm³/mol. The van der Waals surface area contributed by atoms with Gasteiger partial charge >= 0.3 is 11.9 Å². The van der Waals surface area contributed by atoms with Crippen molar-refractivity contribution in [2.45, 2.75) is 12.5 Å². The number of carbonyl (C=O) groups is 3. The van der Waals surface area contributed by atoms with E-state index in [9.17, 15) is 14.4 Å². The molecule has 0 aliphatic heterocycles. The van der Waals surface area contributed by atoms with Crippen molar-refractivity contribution in [1.29, 1.82) is 0 Å². The van der Waals surface area contributed by atoms with Crippen molar-refractivity contribution in [3.05, 3.63) is 0 Å². The number of methoxy groups -OCH3 is 1. The van der Waals surface area contributed by atoms with Gasteiger partial charge in [0.1, 0.15) is 12.6 Å². The van der Waals surface area contributed by atoms with Gasteiger partial charge in [0.05, 0.1) is 19.6 Å². The Morgan fingerprint density at radius 3 is 2.35 bits per heavy atom. The van der Waals surface area contributed by atoms with Gasteiger partial charge in [-0.1, -0.05) is 0 Å². The SMILES string of the molecule is COCCOCC(=O)N[C@@H](CC(=O)O)C(=O)O. The first-order chi connectivity index (χ1) is 7.97. The molecule has 0 saturated carbocycles. The minimum Gasteiger partial charge on any atom is -0.481 e. The average molecular weight is 249 g/mol. The lowest BCUT2D eigenvalue weighted by Gasteiger charge is -2.12. The van der Waals surface area contributed by atoms with Crippen molar-refractivity contribution < 1.29 is 34.1 Å². The molecule has 0 spiro atoms. The summed E-state index contributed by atoms with van der Waals surface area (Å²) in [5.41, 5.74) is 0. The number of carboxylic acids is 2. The summed E-state index contributed by atoms with van der Waals surface area (Å²) in [6.45, 7) is 0.165. The van der Waals surface area contributed by atoms with Crippen LogP contribution in [-0.4, -0.2) is 61.0 Å². The van der Waals surface area contributed by atoms with Crippen LogP contribution in [0.25, 0.3) is 0 Å². The van der Waals surface area contributed by atoms with Crippen LogP contribution < -0.4 is 5.32 Å². The third kappa shape index (κ3) is 8.17. The summed E-state index contributed by atoms with van der Waals surface area (Å²) in [4.78, 5) is 32.1. The van der Waals surface area contributed by atoms with E-state index in [1.807, 2.05) is 5.32 Å². The molecule has 0 aromatic carbocycles. The van der Waals surface area contributed by atoms with Gasteiger partial charge in [0.2, 0.25) is 5.91 Å². The number of ether oxygens (including phenoxy) is 2. The maximum atomic E-state index is 11.2. The lowest BCUT2D eigenvalue weighted by Crippen LogP contribution is -2.43. The van der Waals surface area contributed by atoms with Crippen LogP contribution in [-0.2, 0) is 23.9 Å². The third-order valence-corrected chi connectivity index (χ3v) is 1.68. The molecular weight excluding hydrogens is 234 g/mol. The van der Waals surface area contributed by atoms with Crippen molar-refractivity contribution in [2.24, 2.45) is 0 Å². The highest BCUT2D eigenvalue weighted by Gasteiger charge is 2.22. The zero-order chi connectivity index (χ0) is 13.3. The molecule has 17 heavy (non-hydrogen) atoms. The van der Waals surface area contributed by atoms with Crippen LogP contribution in [0.4, 0.5) is 0 Å². The fourth-order valence-electron chi connectivity index (χ4n) is 0.918. The van der Waals surface area contributed by atoms with Gasteiger partial charge < -0.3 is 25.0 Å². The van der Waals surface area contributed by atoms with Crippen molar-refractivity contribution >= 4 is 17.8 Å². The molecule has 0 heterocycles. The molecule has 0 aromatic rings. The first-order valence-electron chi connectivity index (χ1n) is 4.78.